The Kier molecular flexibility index (Phi) is 12.5. The molecule has 1 aliphatic rings. The van der Waals surface area contributed by atoms with Crippen LogP contribution in [0.2, 0.25) is 118 Å². The Morgan fingerprint density at radius 3 is 0.923 bits per heavy atom. The first-order chi connectivity index (χ1) is 23.3. The number of hydrogen-bond acceptors (Lipinski definition) is 0. The SMILES string of the molecule is CC(C)c1cccc(C(C)C)[c]1[Sn]1([c]2c(C([Si](C)(C)C)[Si](C)(C)C)cc(C([Si](C)(C)C)[Si](C)(C)C)cc2C([Si](C)(C)C)[Si](C)(C)C)[c]2cccc[c]21. The van der Waals surface area contributed by atoms with E-state index in [4.69, 9.17) is 0 Å². The zero-order valence-corrected chi connectivity index (χ0v) is 46.9. The van der Waals surface area contributed by atoms with Gasteiger partial charge in [-0.15, -0.1) is 0 Å². The fourth-order valence-electron chi connectivity index (χ4n) is 12.2. The van der Waals surface area contributed by atoms with Crippen molar-refractivity contribution in [2.75, 3.05) is 0 Å². The van der Waals surface area contributed by atoms with Crippen molar-refractivity contribution in [1.29, 1.82) is 0 Å². The van der Waals surface area contributed by atoms with E-state index in [1.165, 1.54) is 0 Å². The van der Waals surface area contributed by atoms with E-state index < -0.39 is 66.8 Å². The molecule has 7 heteroatoms. The van der Waals surface area contributed by atoms with E-state index in [1.807, 2.05) is 18.3 Å². The first kappa shape index (κ1) is 44.5. The molecule has 288 valence electrons. The van der Waals surface area contributed by atoms with Crippen LogP contribution in [0.5, 0.6) is 0 Å². The molecule has 0 N–H and O–H groups in total. The average molecular weight is 908 g/mol. The molecule has 52 heavy (non-hydrogen) atoms. The zero-order valence-electron chi connectivity index (χ0n) is 38.1. The van der Waals surface area contributed by atoms with Gasteiger partial charge in [0.1, 0.15) is 0 Å². The van der Waals surface area contributed by atoms with Gasteiger partial charge >= 0.3 is 336 Å². The standard InChI is InChI=1S/C27H59Si6.C12H17.C6H4.Sn/c1-28(2,3)25(29(4,5)6)22-19-23(26(30(7,8)9)31(10,11)12)21-24(20-22)27(32(13,14)15)33(16,17)18;1-9(2)11-6-5-7-12(8-11)10(3)4;1-2-4-6-5-3-1;/h19-20,25-27H,1-18H3;5-7,9-10H,1-4H3;1-4H;. The second kappa shape index (κ2) is 14.6. The zero-order chi connectivity index (χ0) is 39.9. The van der Waals surface area contributed by atoms with Crippen molar-refractivity contribution in [3.8, 4) is 0 Å². The average Bonchev–Trinajstić information content (AvgIpc) is 3.56. The van der Waals surface area contributed by atoms with Crippen LogP contribution in [-0.4, -0.2) is 66.8 Å². The fraction of sp³-hybridized carbons (Fsp3) is 0.600. The molecule has 0 saturated heterocycles. The molecule has 0 aromatic heterocycles. The number of benzene rings is 3. The molecule has 0 unspecified atom stereocenters. The summed E-state index contributed by atoms with van der Waals surface area (Å²) in [5.41, 5.74) is 8.83. The van der Waals surface area contributed by atoms with E-state index in [0.29, 0.717) is 22.2 Å². The van der Waals surface area contributed by atoms with Gasteiger partial charge in [0, 0.05) is 0 Å². The predicted octanol–water partition coefficient (Wildman–Crippen LogP) is 12.1. The van der Waals surface area contributed by atoms with Crippen molar-refractivity contribution in [2.24, 2.45) is 0 Å². The Labute approximate surface area is 333 Å². The van der Waals surface area contributed by atoms with Gasteiger partial charge in [0.25, 0.3) is 0 Å². The van der Waals surface area contributed by atoms with Crippen LogP contribution in [0.4, 0.5) is 0 Å². The quantitative estimate of drug-likeness (QED) is 0.117. The monoisotopic (exact) mass is 908 g/mol. The van der Waals surface area contributed by atoms with E-state index in [2.05, 4.69) is 200 Å². The summed E-state index contributed by atoms with van der Waals surface area (Å²) in [4.78, 5) is 0. The van der Waals surface area contributed by atoms with E-state index in [1.54, 1.807) is 23.8 Å². The van der Waals surface area contributed by atoms with Gasteiger partial charge in [-0.2, -0.15) is 0 Å². The Balaban J connectivity index is 2.50. The molecule has 0 aliphatic carbocycles. The fourth-order valence-corrected chi connectivity index (χ4v) is 70.8. The van der Waals surface area contributed by atoms with Gasteiger partial charge in [-0.25, -0.2) is 0 Å². The van der Waals surface area contributed by atoms with E-state index in [-0.39, 0.29) is 0 Å². The molecule has 0 fully saturated rings. The molecule has 1 heterocycles. The van der Waals surface area contributed by atoms with Crippen LogP contribution in [0.3, 0.4) is 0 Å². The minimum absolute atomic E-state index is 0.503. The third-order valence-electron chi connectivity index (χ3n) is 12.2. The second-order valence-corrected chi connectivity index (χ2v) is 67.8. The van der Waals surface area contributed by atoms with Crippen LogP contribution in [0.15, 0.2) is 54.6 Å². The summed E-state index contributed by atoms with van der Waals surface area (Å²) in [6, 6.07) is 23.5. The summed E-state index contributed by atoms with van der Waals surface area (Å²) in [7, 11) is -9.84. The Bertz CT molecular complexity index is 1620. The van der Waals surface area contributed by atoms with Crippen LogP contribution in [0, 0.1) is 0 Å². The molecule has 0 radical (unpaired) electrons. The van der Waals surface area contributed by atoms with Gasteiger partial charge in [0.05, 0.1) is 0 Å². The molecule has 0 amide bonds. The normalized spacial score (nSPS) is 15.8. The predicted molar refractivity (Wildman–Crippen MR) is 260 cm³/mol. The minimum atomic E-state index is -3.72. The summed E-state index contributed by atoms with van der Waals surface area (Å²) >= 11 is -3.72. The topological polar surface area (TPSA) is 0 Å². The molecular weight excluding hydrogens is 828 g/mol. The van der Waals surface area contributed by atoms with Gasteiger partial charge < -0.3 is 0 Å². The number of fused-ring (bicyclic) bond motifs is 1. The van der Waals surface area contributed by atoms with Crippen LogP contribution in [0.1, 0.15) is 82.8 Å². The third kappa shape index (κ3) is 8.39. The van der Waals surface area contributed by atoms with Gasteiger partial charge in [-0.3, -0.25) is 0 Å². The summed E-state index contributed by atoms with van der Waals surface area (Å²) in [6.07, 6.45) is 0. The summed E-state index contributed by atoms with van der Waals surface area (Å²) in [6.45, 7) is 58.9. The Morgan fingerprint density at radius 1 is 0.365 bits per heavy atom. The van der Waals surface area contributed by atoms with Crippen molar-refractivity contribution in [1.82, 2.24) is 0 Å². The van der Waals surface area contributed by atoms with E-state index >= 15 is 0 Å². The first-order valence-corrected chi connectivity index (χ1v) is 47.9. The first-order valence-electron chi connectivity index (χ1n) is 20.7. The summed E-state index contributed by atoms with van der Waals surface area (Å²) in [5, 5.41) is 2.16. The second-order valence-electron chi connectivity index (χ2n) is 24.0. The van der Waals surface area contributed by atoms with Gasteiger partial charge in [0.2, 0.25) is 0 Å². The molecule has 4 rings (SSSR count). The molecule has 3 aromatic carbocycles. The van der Waals surface area contributed by atoms with Gasteiger partial charge in [-0.1, -0.05) is 0 Å². The molecule has 0 atom stereocenters. The number of rotatable bonds is 13. The Morgan fingerprint density at radius 2 is 0.654 bits per heavy atom. The summed E-state index contributed by atoms with van der Waals surface area (Å²) < 4.78 is 7.41. The third-order valence-corrected chi connectivity index (χ3v) is 54.0. The molecule has 0 saturated carbocycles. The van der Waals surface area contributed by atoms with Gasteiger partial charge in [-0.05, 0) is 0 Å². The molecule has 0 nitrogen and oxygen atoms in total. The molecule has 3 aromatic rings. The van der Waals surface area contributed by atoms with Crippen molar-refractivity contribution in [2.45, 2.75) is 173 Å². The van der Waals surface area contributed by atoms with Crippen LogP contribution in [-0.2, 0) is 0 Å². The van der Waals surface area contributed by atoms with Crippen LogP contribution >= 0.6 is 0 Å². The molecule has 0 spiro atoms. The maximum absolute atomic E-state index is 3.72. The van der Waals surface area contributed by atoms with Crippen LogP contribution < -0.4 is 14.3 Å². The van der Waals surface area contributed by atoms with E-state index in [9.17, 15) is 0 Å². The van der Waals surface area contributed by atoms with Crippen molar-refractivity contribution in [3.05, 3.63) is 82.4 Å². The van der Waals surface area contributed by atoms with Crippen molar-refractivity contribution < 1.29 is 0 Å². The van der Waals surface area contributed by atoms with E-state index in [0.717, 1.165) is 5.16 Å². The molecule has 1 aliphatic heterocycles. The summed E-state index contributed by atoms with van der Waals surface area (Å²) in [5.74, 6) is 1.01. The van der Waals surface area contributed by atoms with Crippen molar-refractivity contribution in [3.63, 3.8) is 0 Å². The maximum atomic E-state index is 2.98. The number of hydrogen-bond donors (Lipinski definition) is 0. The molecule has 0 bridgehead atoms. The molecular formula is C45H80Si6Sn. The van der Waals surface area contributed by atoms with Crippen molar-refractivity contribution >= 4 is 81.1 Å². The van der Waals surface area contributed by atoms with Gasteiger partial charge in [0.15, 0.2) is 0 Å². The van der Waals surface area contributed by atoms with Crippen LogP contribution in [0.25, 0.3) is 0 Å². The Hall–Kier alpha value is -0.240.